The average molecular weight is 905 g/mol. The molecule has 0 radical (unpaired) electrons. The van der Waals surface area contributed by atoms with Crippen LogP contribution in [0.1, 0.15) is 42.7 Å². The van der Waals surface area contributed by atoms with Gasteiger partial charge in [0.25, 0.3) is 0 Å². The number of nitrogens with one attached hydrogen (secondary N) is 3. The SMILES string of the molecule is COC(=O)N[C@H](COCN[C@@H](Cc1ccc(C#Cc2ccc(N3CCN4CCOC[C@@H]4C3)nc2)cc1)[C@@H](O)CNCc1c(F)cc(-c2ccn(C(F)F)n2)cc1F)C(C)(C)C(F)(F)F. The Labute approximate surface area is 366 Å². The first-order chi connectivity index (χ1) is 30.5. The zero-order valence-electron chi connectivity index (χ0n) is 35.5. The second kappa shape index (κ2) is 21.6. The molecule has 64 heavy (non-hydrogen) atoms. The third-order valence-corrected chi connectivity index (χ3v) is 11.4. The van der Waals surface area contributed by atoms with E-state index in [1.165, 1.54) is 6.07 Å². The van der Waals surface area contributed by atoms with Crippen LogP contribution in [0.15, 0.2) is 67.0 Å². The first-order valence-electron chi connectivity index (χ1n) is 20.6. The van der Waals surface area contributed by atoms with Crippen LogP contribution >= 0.6 is 0 Å². The van der Waals surface area contributed by atoms with Crippen LogP contribution in [-0.4, -0.2) is 128 Å². The summed E-state index contributed by atoms with van der Waals surface area (Å²) in [4.78, 5) is 21.3. The fraction of sp³-hybridized carbons (Fsp3) is 0.477. The average Bonchev–Trinajstić information content (AvgIpc) is 3.78. The van der Waals surface area contributed by atoms with E-state index in [9.17, 15) is 31.9 Å². The Balaban J connectivity index is 1.09. The molecule has 0 saturated carbocycles. The van der Waals surface area contributed by atoms with Crippen LogP contribution in [0.2, 0.25) is 0 Å². The number of aliphatic hydroxyl groups excluding tert-OH is 1. The number of ether oxygens (including phenoxy) is 3. The molecule has 4 N–H and O–H groups in total. The summed E-state index contributed by atoms with van der Waals surface area (Å²) >= 11 is 0. The van der Waals surface area contributed by atoms with Gasteiger partial charge in [0, 0.05) is 80.0 Å². The Hall–Kier alpha value is -5.30. The molecule has 346 valence electrons. The summed E-state index contributed by atoms with van der Waals surface area (Å²) in [6.45, 7) is 2.49. The van der Waals surface area contributed by atoms with Gasteiger partial charge in [0.05, 0.1) is 63.0 Å². The van der Waals surface area contributed by atoms with Gasteiger partial charge in [-0.1, -0.05) is 24.0 Å². The largest absolute Gasteiger partial charge is 0.453 e. The van der Waals surface area contributed by atoms with Crippen LogP contribution in [0.4, 0.5) is 41.3 Å². The Morgan fingerprint density at radius 2 is 1.73 bits per heavy atom. The van der Waals surface area contributed by atoms with E-state index >= 15 is 8.78 Å². The summed E-state index contributed by atoms with van der Waals surface area (Å²) in [6.07, 6.45) is -4.14. The number of methoxy groups -OCH3 is 1. The Morgan fingerprint density at radius 3 is 2.39 bits per heavy atom. The Morgan fingerprint density at radius 1 is 1.02 bits per heavy atom. The number of aromatic nitrogens is 3. The number of fused-ring (bicyclic) bond motifs is 1. The van der Waals surface area contributed by atoms with Crippen molar-refractivity contribution < 1.29 is 54.8 Å². The minimum Gasteiger partial charge on any atom is -0.453 e. The van der Waals surface area contributed by atoms with Gasteiger partial charge in [-0.05, 0) is 68.3 Å². The molecule has 0 unspecified atom stereocenters. The van der Waals surface area contributed by atoms with Crippen molar-refractivity contribution in [2.75, 3.05) is 71.3 Å². The number of nitrogens with zero attached hydrogens (tertiary/aromatic N) is 5. The van der Waals surface area contributed by atoms with Crippen molar-refractivity contribution in [1.82, 2.24) is 35.6 Å². The van der Waals surface area contributed by atoms with E-state index < -0.39 is 60.7 Å². The number of alkyl halides is 5. The number of hydrogen-bond donors (Lipinski definition) is 4. The number of amides is 1. The highest BCUT2D eigenvalue weighted by molar-refractivity contribution is 5.67. The lowest BCUT2D eigenvalue weighted by Crippen LogP contribution is -2.58. The molecule has 0 spiro atoms. The van der Waals surface area contributed by atoms with Crippen molar-refractivity contribution in [2.45, 2.75) is 63.8 Å². The maximum Gasteiger partial charge on any atom is 0.407 e. The fourth-order valence-electron chi connectivity index (χ4n) is 7.25. The molecule has 2 aliphatic rings. The van der Waals surface area contributed by atoms with Crippen LogP contribution in [-0.2, 0) is 27.2 Å². The maximum absolute atomic E-state index is 15.1. The van der Waals surface area contributed by atoms with E-state index in [4.69, 9.17) is 9.47 Å². The van der Waals surface area contributed by atoms with E-state index in [1.54, 1.807) is 30.5 Å². The van der Waals surface area contributed by atoms with E-state index in [2.05, 4.69) is 52.4 Å². The second-order valence-corrected chi connectivity index (χ2v) is 16.1. The zero-order valence-corrected chi connectivity index (χ0v) is 35.5. The first-order valence-corrected chi connectivity index (χ1v) is 20.6. The molecule has 0 aliphatic carbocycles. The molecule has 4 heterocycles. The summed E-state index contributed by atoms with van der Waals surface area (Å²) in [5, 5.41) is 23.0. The lowest BCUT2D eigenvalue weighted by Gasteiger charge is -2.44. The van der Waals surface area contributed by atoms with Gasteiger partial charge in [-0.15, -0.1) is 0 Å². The minimum absolute atomic E-state index is 0.0481. The molecule has 2 saturated heterocycles. The monoisotopic (exact) mass is 904 g/mol. The van der Waals surface area contributed by atoms with E-state index in [-0.39, 0.29) is 43.1 Å². The maximum atomic E-state index is 15.1. The van der Waals surface area contributed by atoms with Crippen molar-refractivity contribution in [3.8, 4) is 23.1 Å². The van der Waals surface area contributed by atoms with Crippen molar-refractivity contribution in [1.29, 1.82) is 0 Å². The van der Waals surface area contributed by atoms with Gasteiger partial charge in [-0.25, -0.2) is 23.2 Å². The highest BCUT2D eigenvalue weighted by Gasteiger charge is 2.53. The van der Waals surface area contributed by atoms with Crippen LogP contribution in [0.5, 0.6) is 0 Å². The third-order valence-electron chi connectivity index (χ3n) is 11.4. The van der Waals surface area contributed by atoms with E-state index in [1.807, 2.05) is 12.1 Å². The number of pyridine rings is 1. The summed E-state index contributed by atoms with van der Waals surface area (Å²) < 4.78 is 114. The number of anilines is 1. The molecule has 13 nitrogen and oxygen atoms in total. The summed E-state index contributed by atoms with van der Waals surface area (Å²) in [5.41, 5.74) is -0.718. The quantitative estimate of drug-likeness (QED) is 0.0465. The van der Waals surface area contributed by atoms with Crippen molar-refractivity contribution in [3.63, 3.8) is 0 Å². The van der Waals surface area contributed by atoms with Crippen molar-refractivity contribution in [3.05, 3.63) is 101 Å². The minimum atomic E-state index is -4.71. The first kappa shape index (κ1) is 48.2. The van der Waals surface area contributed by atoms with Gasteiger partial charge in [-0.3, -0.25) is 10.2 Å². The van der Waals surface area contributed by atoms with Crippen molar-refractivity contribution >= 4 is 11.9 Å². The second-order valence-electron chi connectivity index (χ2n) is 16.1. The number of hydrogen-bond acceptors (Lipinski definition) is 11. The lowest BCUT2D eigenvalue weighted by atomic mass is 9.84. The smallest absolute Gasteiger partial charge is 0.407 e. The van der Waals surface area contributed by atoms with Gasteiger partial charge >= 0.3 is 18.8 Å². The molecular weight excluding hydrogens is 854 g/mol. The van der Waals surface area contributed by atoms with Gasteiger partial charge in [0.2, 0.25) is 0 Å². The fourth-order valence-corrected chi connectivity index (χ4v) is 7.25. The molecule has 2 aromatic carbocycles. The number of alkyl carbamates (subject to hydrolysis) is 1. The molecule has 1 amide bonds. The summed E-state index contributed by atoms with van der Waals surface area (Å²) in [5.74, 6) is 5.20. The molecule has 4 atom stereocenters. The number of carbonyl (C=O) groups excluding carboxylic acids is 1. The molecule has 2 aromatic heterocycles. The number of halogens is 7. The normalized spacial score (nSPS) is 17.3. The highest BCUT2D eigenvalue weighted by Crippen LogP contribution is 2.40. The number of rotatable bonds is 17. The van der Waals surface area contributed by atoms with Crippen LogP contribution in [0, 0.1) is 28.9 Å². The van der Waals surface area contributed by atoms with Crippen LogP contribution < -0.4 is 20.9 Å². The predicted molar refractivity (Wildman–Crippen MR) is 222 cm³/mol. The predicted octanol–water partition coefficient (Wildman–Crippen LogP) is 5.48. The highest BCUT2D eigenvalue weighted by atomic mass is 19.4. The Bertz CT molecular complexity index is 2190. The molecule has 2 aliphatic heterocycles. The number of benzene rings is 2. The summed E-state index contributed by atoms with van der Waals surface area (Å²) in [6, 6.07) is 12.2. The van der Waals surface area contributed by atoms with Crippen LogP contribution in [0.25, 0.3) is 11.3 Å². The summed E-state index contributed by atoms with van der Waals surface area (Å²) in [7, 11) is 1.02. The molecule has 20 heteroatoms. The molecule has 2 fully saturated rings. The topological polar surface area (TPSA) is 138 Å². The third kappa shape index (κ3) is 12.5. The van der Waals surface area contributed by atoms with Gasteiger partial charge in [-0.2, -0.15) is 27.1 Å². The van der Waals surface area contributed by atoms with Crippen LogP contribution in [0.3, 0.4) is 0 Å². The zero-order chi connectivity index (χ0) is 46.0. The molecule has 0 bridgehead atoms. The molecule has 6 rings (SSSR count). The Kier molecular flexibility index (Phi) is 16.2. The molecular formula is C44H51F7N8O5. The van der Waals surface area contributed by atoms with Crippen molar-refractivity contribution in [2.24, 2.45) is 5.41 Å². The number of piperazine rings is 1. The number of morpholine rings is 1. The van der Waals surface area contributed by atoms with Gasteiger partial charge in [0.1, 0.15) is 17.5 Å². The molecule has 4 aromatic rings. The number of carbonyl (C=O) groups is 1. The number of aliphatic hydroxyl groups is 1. The van der Waals surface area contributed by atoms with Gasteiger partial charge < -0.3 is 34.9 Å². The van der Waals surface area contributed by atoms with E-state index in [0.29, 0.717) is 22.9 Å². The standard InChI is InChI=1S/C44H51F7N8O5/c1-43(2,44(49,50)51)39(55-42(61)62-3)26-64-27-54-37(38(60)23-52-22-33-34(45)19-31(20-35(33)46)36-12-13-59(56-36)41(47)48)18-29-7-4-28(5-8-29)6-9-30-10-11-40(53-21-30)58-15-14-57-16-17-63-25-32(57)24-58/h4-5,7-8,10-13,19-21,32,37-39,41,52,54,60H,14-18,22-27H2,1-3H3,(H,55,61)/t32-,37-,38-,39+/m0/s1. The lowest BCUT2D eigenvalue weighted by molar-refractivity contribution is -0.224. The van der Waals surface area contributed by atoms with Gasteiger partial charge in [0.15, 0.2) is 0 Å². The van der Waals surface area contributed by atoms with E-state index in [0.717, 1.165) is 89.0 Å².